The molecule has 1 atom stereocenters. The summed E-state index contributed by atoms with van der Waals surface area (Å²) in [5.41, 5.74) is 5.09. The number of aliphatic hydroxyl groups excluding tert-OH is 1. The van der Waals surface area contributed by atoms with Gasteiger partial charge in [-0.3, -0.25) is 9.21 Å². The van der Waals surface area contributed by atoms with Crippen LogP contribution in [0, 0.1) is 0 Å². The summed E-state index contributed by atoms with van der Waals surface area (Å²) in [7, 11) is -3.28. The topological polar surface area (TPSA) is 60.9 Å². The fourth-order valence-electron chi connectivity index (χ4n) is 4.29. The summed E-state index contributed by atoms with van der Waals surface area (Å²) in [6.07, 6.45) is 5.42. The molecule has 0 unspecified atom stereocenters. The summed E-state index contributed by atoms with van der Waals surface area (Å²) in [5.74, 6) is 0. The molecule has 4 rings (SSSR count). The molecule has 5 nitrogen and oxygen atoms in total. The van der Waals surface area contributed by atoms with Crippen molar-refractivity contribution in [1.82, 2.24) is 4.90 Å². The Morgan fingerprint density at radius 2 is 1.87 bits per heavy atom. The highest BCUT2D eigenvalue weighted by molar-refractivity contribution is 7.92. The molecule has 160 valence electrons. The first kappa shape index (κ1) is 21.4. The highest BCUT2D eigenvalue weighted by Crippen LogP contribution is 2.32. The number of sulfonamides is 1. The van der Waals surface area contributed by atoms with E-state index < -0.39 is 16.1 Å². The van der Waals surface area contributed by atoms with Crippen LogP contribution in [-0.4, -0.2) is 50.9 Å². The smallest absolute Gasteiger partial charge is 0.232 e. The second-order valence-corrected chi connectivity index (χ2v) is 10.4. The van der Waals surface area contributed by atoms with E-state index in [1.165, 1.54) is 21.7 Å². The molecular formula is C23H27ClN2O3S. The molecule has 0 radical (unpaired) electrons. The molecule has 0 bridgehead atoms. The molecule has 2 heterocycles. The number of aryl methyl sites for hydroxylation is 1. The maximum absolute atomic E-state index is 12.0. The molecule has 2 aliphatic rings. The summed E-state index contributed by atoms with van der Waals surface area (Å²) in [6, 6.07) is 13.6. The van der Waals surface area contributed by atoms with Gasteiger partial charge in [0.15, 0.2) is 0 Å². The number of anilines is 1. The summed E-state index contributed by atoms with van der Waals surface area (Å²) >= 11 is 5.98. The maximum atomic E-state index is 12.0. The van der Waals surface area contributed by atoms with Gasteiger partial charge in [-0.05, 0) is 59.7 Å². The van der Waals surface area contributed by atoms with E-state index in [-0.39, 0.29) is 0 Å². The lowest BCUT2D eigenvalue weighted by Gasteiger charge is -2.31. The van der Waals surface area contributed by atoms with Crippen LogP contribution in [0.2, 0.25) is 5.02 Å². The van der Waals surface area contributed by atoms with Crippen molar-refractivity contribution in [2.75, 3.05) is 36.7 Å². The largest absolute Gasteiger partial charge is 0.387 e. The Labute approximate surface area is 183 Å². The molecule has 0 saturated heterocycles. The summed E-state index contributed by atoms with van der Waals surface area (Å²) in [4.78, 5) is 2.24. The lowest BCUT2D eigenvalue weighted by atomic mass is 9.97. The van der Waals surface area contributed by atoms with Crippen molar-refractivity contribution in [2.24, 2.45) is 0 Å². The lowest BCUT2D eigenvalue weighted by Crippen LogP contribution is -2.35. The van der Waals surface area contributed by atoms with Crippen LogP contribution in [0.3, 0.4) is 0 Å². The minimum Gasteiger partial charge on any atom is -0.387 e. The van der Waals surface area contributed by atoms with Crippen molar-refractivity contribution >= 4 is 32.9 Å². The summed E-state index contributed by atoms with van der Waals surface area (Å²) in [5, 5.41) is 11.5. The molecule has 30 heavy (non-hydrogen) atoms. The number of rotatable bonds is 5. The van der Waals surface area contributed by atoms with E-state index in [0.717, 1.165) is 54.2 Å². The Bertz CT molecular complexity index is 1050. The minimum absolute atomic E-state index is 0.518. The van der Waals surface area contributed by atoms with Crippen molar-refractivity contribution in [3.63, 3.8) is 0 Å². The van der Waals surface area contributed by atoms with Gasteiger partial charge in [-0.25, -0.2) is 8.42 Å². The second-order valence-electron chi connectivity index (χ2n) is 8.09. The van der Waals surface area contributed by atoms with Crippen molar-refractivity contribution in [1.29, 1.82) is 0 Å². The third-order valence-electron chi connectivity index (χ3n) is 5.90. The average Bonchev–Trinajstić information content (AvgIpc) is 2.73. The zero-order valence-electron chi connectivity index (χ0n) is 17.1. The Balaban J connectivity index is 1.42. The van der Waals surface area contributed by atoms with Gasteiger partial charge in [0.1, 0.15) is 0 Å². The van der Waals surface area contributed by atoms with Crippen LogP contribution in [0.1, 0.15) is 35.6 Å². The van der Waals surface area contributed by atoms with Gasteiger partial charge in [0.2, 0.25) is 10.0 Å². The van der Waals surface area contributed by atoms with E-state index >= 15 is 0 Å². The minimum atomic E-state index is -3.28. The Kier molecular flexibility index (Phi) is 6.21. The Morgan fingerprint density at radius 1 is 1.10 bits per heavy atom. The van der Waals surface area contributed by atoms with Crippen molar-refractivity contribution in [3.05, 3.63) is 70.3 Å². The molecule has 0 amide bonds. The number of hydrogen-bond donors (Lipinski definition) is 1. The van der Waals surface area contributed by atoms with E-state index in [1.54, 1.807) is 0 Å². The normalized spacial score (nSPS) is 18.6. The van der Waals surface area contributed by atoms with Crippen LogP contribution < -0.4 is 4.31 Å². The summed E-state index contributed by atoms with van der Waals surface area (Å²) in [6.45, 7) is 2.75. The van der Waals surface area contributed by atoms with Crippen LogP contribution in [-0.2, 0) is 16.4 Å². The average molecular weight is 447 g/mol. The van der Waals surface area contributed by atoms with Gasteiger partial charge in [-0.1, -0.05) is 41.9 Å². The monoisotopic (exact) mass is 446 g/mol. The predicted molar refractivity (Wildman–Crippen MR) is 122 cm³/mol. The first-order chi connectivity index (χ1) is 14.3. The predicted octanol–water partition coefficient (Wildman–Crippen LogP) is 3.87. The standard InChI is InChI=1S/C23H27ClN2O3S/c1-30(28,29)26-12-2-3-19-15-20(6-9-22(19)26)23(27)16-25-13-10-18(11-14-25)17-4-7-21(24)8-5-17/h4-10,15,23,27H,2-3,11-14,16H2,1H3/t23-/m1/s1. The fraction of sp³-hybridized carbons (Fsp3) is 0.391. The van der Waals surface area contributed by atoms with Crippen molar-refractivity contribution in [2.45, 2.75) is 25.4 Å². The maximum Gasteiger partial charge on any atom is 0.232 e. The Morgan fingerprint density at radius 3 is 2.53 bits per heavy atom. The van der Waals surface area contributed by atoms with E-state index in [1.807, 2.05) is 42.5 Å². The van der Waals surface area contributed by atoms with Gasteiger partial charge in [-0.15, -0.1) is 0 Å². The molecule has 2 aliphatic heterocycles. The molecule has 0 saturated carbocycles. The van der Waals surface area contributed by atoms with Crippen LogP contribution in [0.25, 0.3) is 5.57 Å². The molecule has 0 aromatic heterocycles. The van der Waals surface area contributed by atoms with Gasteiger partial charge in [0.25, 0.3) is 0 Å². The number of nitrogens with zero attached hydrogens (tertiary/aromatic N) is 2. The van der Waals surface area contributed by atoms with Crippen LogP contribution in [0.4, 0.5) is 5.69 Å². The number of β-amino-alcohol motifs (C(OH)–C–C–N with tert-alkyl or cyclic N) is 1. The third kappa shape index (κ3) is 4.72. The number of aliphatic hydroxyl groups is 1. The SMILES string of the molecule is CS(=O)(=O)N1CCCc2cc([C@H](O)CN3CC=C(c4ccc(Cl)cc4)CC3)ccc21. The van der Waals surface area contributed by atoms with Gasteiger partial charge in [0, 0.05) is 31.2 Å². The number of hydrogen-bond acceptors (Lipinski definition) is 4. The molecule has 0 aliphatic carbocycles. The molecule has 2 aromatic rings. The number of benzene rings is 2. The zero-order valence-corrected chi connectivity index (χ0v) is 18.7. The molecule has 7 heteroatoms. The molecule has 2 aromatic carbocycles. The second kappa shape index (κ2) is 8.71. The van der Waals surface area contributed by atoms with E-state index in [9.17, 15) is 13.5 Å². The molecule has 0 fully saturated rings. The fourth-order valence-corrected chi connectivity index (χ4v) is 5.41. The van der Waals surface area contributed by atoms with Gasteiger partial charge < -0.3 is 5.11 Å². The quantitative estimate of drug-likeness (QED) is 0.757. The summed E-state index contributed by atoms with van der Waals surface area (Å²) < 4.78 is 25.5. The van der Waals surface area contributed by atoms with Crippen LogP contribution in [0.5, 0.6) is 0 Å². The third-order valence-corrected chi connectivity index (χ3v) is 7.34. The first-order valence-electron chi connectivity index (χ1n) is 10.3. The number of halogens is 1. The zero-order chi connectivity index (χ0) is 21.3. The lowest BCUT2D eigenvalue weighted by molar-refractivity contribution is 0.119. The molecule has 0 spiro atoms. The van der Waals surface area contributed by atoms with E-state index in [2.05, 4.69) is 11.0 Å². The van der Waals surface area contributed by atoms with Gasteiger partial charge in [-0.2, -0.15) is 0 Å². The Hall–Kier alpha value is -1.86. The van der Waals surface area contributed by atoms with Gasteiger partial charge >= 0.3 is 0 Å². The van der Waals surface area contributed by atoms with Crippen molar-refractivity contribution < 1.29 is 13.5 Å². The first-order valence-corrected chi connectivity index (χ1v) is 12.5. The molecular weight excluding hydrogens is 420 g/mol. The van der Waals surface area contributed by atoms with Crippen molar-refractivity contribution in [3.8, 4) is 0 Å². The number of fused-ring (bicyclic) bond motifs is 1. The van der Waals surface area contributed by atoms with Crippen LogP contribution in [0.15, 0.2) is 48.5 Å². The van der Waals surface area contributed by atoms with Crippen LogP contribution >= 0.6 is 11.6 Å². The van der Waals surface area contributed by atoms with Gasteiger partial charge in [0.05, 0.1) is 18.0 Å². The van der Waals surface area contributed by atoms with E-state index in [4.69, 9.17) is 11.6 Å². The molecule has 1 N–H and O–H groups in total. The highest BCUT2D eigenvalue weighted by atomic mass is 35.5. The highest BCUT2D eigenvalue weighted by Gasteiger charge is 2.25. The van der Waals surface area contributed by atoms with E-state index in [0.29, 0.717) is 13.1 Å².